The van der Waals surface area contributed by atoms with Crippen molar-refractivity contribution in [3.8, 4) is 0 Å². The smallest absolute Gasteiger partial charge is 0.222 e. The monoisotopic (exact) mass is 309 g/mol. The van der Waals surface area contributed by atoms with E-state index in [0.29, 0.717) is 5.95 Å². The van der Waals surface area contributed by atoms with Crippen molar-refractivity contribution in [2.75, 3.05) is 18.5 Å². The fourth-order valence-corrected chi connectivity index (χ4v) is 2.90. The van der Waals surface area contributed by atoms with Crippen molar-refractivity contribution in [3.05, 3.63) is 54.1 Å². The van der Waals surface area contributed by atoms with E-state index in [0.717, 1.165) is 49.2 Å². The molecule has 1 unspecified atom stereocenters. The van der Waals surface area contributed by atoms with Gasteiger partial charge in [-0.05, 0) is 36.6 Å². The predicted molar refractivity (Wildman–Crippen MR) is 87.5 cm³/mol. The second-order valence-corrected chi connectivity index (χ2v) is 5.79. The standard InChI is InChI=1S/C17H19N5O/c1-3-14-6-7-21-22(14)15(4-1)9-13-10-18-17(19-11-13)20-12-16-5-2-8-23-16/h1,3-4,6-7,10-11,16H,2,5,8-9,12H2,(H,18,19,20). The maximum atomic E-state index is 5.58. The lowest BCUT2D eigenvalue weighted by molar-refractivity contribution is 0.120. The summed E-state index contributed by atoms with van der Waals surface area (Å²) >= 11 is 0. The van der Waals surface area contributed by atoms with E-state index in [1.54, 1.807) is 0 Å². The highest BCUT2D eigenvalue weighted by molar-refractivity contribution is 5.46. The van der Waals surface area contributed by atoms with Crippen LogP contribution in [-0.2, 0) is 11.2 Å². The van der Waals surface area contributed by atoms with E-state index in [-0.39, 0.29) is 6.10 Å². The normalized spacial score (nSPS) is 17.7. The van der Waals surface area contributed by atoms with Crippen LogP contribution in [0, 0.1) is 0 Å². The van der Waals surface area contributed by atoms with Crippen molar-refractivity contribution in [3.63, 3.8) is 0 Å². The Morgan fingerprint density at radius 3 is 2.96 bits per heavy atom. The van der Waals surface area contributed by atoms with E-state index in [2.05, 4.69) is 26.4 Å². The number of anilines is 1. The van der Waals surface area contributed by atoms with E-state index >= 15 is 0 Å². The molecule has 0 aliphatic carbocycles. The van der Waals surface area contributed by atoms with Gasteiger partial charge in [-0.25, -0.2) is 14.5 Å². The lowest BCUT2D eigenvalue weighted by atomic mass is 10.2. The fraction of sp³-hybridized carbons (Fsp3) is 0.353. The minimum Gasteiger partial charge on any atom is -0.376 e. The van der Waals surface area contributed by atoms with Crippen molar-refractivity contribution < 1.29 is 4.74 Å². The van der Waals surface area contributed by atoms with Crippen LogP contribution in [-0.4, -0.2) is 38.8 Å². The summed E-state index contributed by atoms with van der Waals surface area (Å²) in [5, 5.41) is 7.59. The second-order valence-electron chi connectivity index (χ2n) is 5.79. The molecule has 0 spiro atoms. The average molecular weight is 309 g/mol. The Morgan fingerprint density at radius 2 is 2.13 bits per heavy atom. The molecule has 1 N–H and O–H groups in total. The molecule has 4 rings (SSSR count). The molecule has 0 saturated carbocycles. The molecule has 118 valence electrons. The second kappa shape index (κ2) is 6.34. The van der Waals surface area contributed by atoms with Gasteiger partial charge >= 0.3 is 0 Å². The molecule has 23 heavy (non-hydrogen) atoms. The largest absolute Gasteiger partial charge is 0.376 e. The molecule has 4 heterocycles. The molecule has 3 aromatic heterocycles. The molecule has 0 radical (unpaired) electrons. The summed E-state index contributed by atoms with van der Waals surface area (Å²) < 4.78 is 7.53. The van der Waals surface area contributed by atoms with Crippen LogP contribution in [0.3, 0.4) is 0 Å². The lowest BCUT2D eigenvalue weighted by Crippen LogP contribution is -2.19. The highest BCUT2D eigenvalue weighted by atomic mass is 16.5. The predicted octanol–water partition coefficient (Wildman–Crippen LogP) is 2.31. The molecule has 0 aromatic carbocycles. The van der Waals surface area contributed by atoms with Gasteiger partial charge in [0, 0.05) is 43.9 Å². The maximum Gasteiger partial charge on any atom is 0.222 e. The Labute approximate surface area is 134 Å². The zero-order chi connectivity index (χ0) is 15.5. The number of hydrogen-bond acceptors (Lipinski definition) is 5. The van der Waals surface area contributed by atoms with Gasteiger partial charge in [-0.3, -0.25) is 0 Å². The van der Waals surface area contributed by atoms with E-state index in [1.807, 2.05) is 41.3 Å². The molecular weight excluding hydrogens is 290 g/mol. The number of ether oxygens (including phenoxy) is 1. The van der Waals surface area contributed by atoms with Gasteiger partial charge in [0.1, 0.15) is 0 Å². The van der Waals surface area contributed by atoms with Crippen LogP contribution < -0.4 is 5.32 Å². The van der Waals surface area contributed by atoms with Crippen LogP contribution in [0.1, 0.15) is 24.1 Å². The van der Waals surface area contributed by atoms with Crippen LogP contribution in [0.4, 0.5) is 5.95 Å². The Kier molecular flexibility index (Phi) is 3.90. The maximum absolute atomic E-state index is 5.58. The van der Waals surface area contributed by atoms with Crippen LogP contribution in [0.5, 0.6) is 0 Å². The Balaban J connectivity index is 1.42. The molecule has 6 heteroatoms. The first kappa shape index (κ1) is 14.1. The number of aromatic nitrogens is 4. The van der Waals surface area contributed by atoms with E-state index in [9.17, 15) is 0 Å². The molecule has 0 amide bonds. The number of pyridine rings is 1. The summed E-state index contributed by atoms with van der Waals surface area (Å²) in [6, 6.07) is 8.16. The van der Waals surface area contributed by atoms with Crippen molar-refractivity contribution in [2.24, 2.45) is 0 Å². The molecule has 1 saturated heterocycles. The van der Waals surface area contributed by atoms with Crippen molar-refractivity contribution >= 4 is 11.5 Å². The summed E-state index contributed by atoms with van der Waals surface area (Å²) in [4.78, 5) is 8.79. The van der Waals surface area contributed by atoms with Gasteiger partial charge in [0.2, 0.25) is 5.95 Å². The first-order valence-corrected chi connectivity index (χ1v) is 7.96. The quantitative estimate of drug-likeness (QED) is 0.783. The van der Waals surface area contributed by atoms with Gasteiger partial charge in [-0.2, -0.15) is 5.10 Å². The van der Waals surface area contributed by atoms with Gasteiger partial charge in [0.25, 0.3) is 0 Å². The zero-order valence-electron chi connectivity index (χ0n) is 12.9. The van der Waals surface area contributed by atoms with E-state index in [1.165, 1.54) is 0 Å². The average Bonchev–Trinajstić information content (AvgIpc) is 3.26. The SMILES string of the molecule is c1cc(Cc2cnc(NCC3CCCO3)nc2)n2nccc2c1. The summed E-state index contributed by atoms with van der Waals surface area (Å²) in [5.41, 5.74) is 3.28. The molecule has 1 atom stereocenters. The molecule has 0 bridgehead atoms. The first-order valence-electron chi connectivity index (χ1n) is 7.96. The number of fused-ring (bicyclic) bond motifs is 1. The molecule has 1 fully saturated rings. The minimum atomic E-state index is 0.288. The third-order valence-corrected chi connectivity index (χ3v) is 4.10. The van der Waals surface area contributed by atoms with Gasteiger partial charge in [-0.1, -0.05) is 6.07 Å². The fourth-order valence-electron chi connectivity index (χ4n) is 2.90. The zero-order valence-corrected chi connectivity index (χ0v) is 12.9. The van der Waals surface area contributed by atoms with Gasteiger partial charge in [0.15, 0.2) is 0 Å². The van der Waals surface area contributed by atoms with Crippen LogP contribution >= 0.6 is 0 Å². The number of rotatable bonds is 5. The summed E-state index contributed by atoms with van der Waals surface area (Å²) in [6.45, 7) is 1.64. The number of hydrogen-bond donors (Lipinski definition) is 1. The third-order valence-electron chi connectivity index (χ3n) is 4.10. The molecular formula is C17H19N5O. The van der Waals surface area contributed by atoms with E-state index < -0.39 is 0 Å². The van der Waals surface area contributed by atoms with Gasteiger partial charge in [0.05, 0.1) is 11.6 Å². The van der Waals surface area contributed by atoms with Crippen LogP contribution in [0.15, 0.2) is 42.9 Å². The van der Waals surface area contributed by atoms with Crippen molar-refractivity contribution in [1.29, 1.82) is 0 Å². The van der Waals surface area contributed by atoms with Crippen LogP contribution in [0.25, 0.3) is 5.52 Å². The number of nitrogens with one attached hydrogen (secondary N) is 1. The minimum absolute atomic E-state index is 0.288. The summed E-state index contributed by atoms with van der Waals surface area (Å²) in [6.07, 6.45) is 8.85. The molecule has 3 aromatic rings. The lowest BCUT2D eigenvalue weighted by Gasteiger charge is -2.10. The van der Waals surface area contributed by atoms with Gasteiger partial charge < -0.3 is 10.1 Å². The topological polar surface area (TPSA) is 64.3 Å². The Bertz CT molecular complexity index is 777. The molecule has 6 nitrogen and oxygen atoms in total. The highest BCUT2D eigenvalue weighted by Crippen LogP contribution is 2.13. The summed E-state index contributed by atoms with van der Waals surface area (Å²) in [5.74, 6) is 0.654. The van der Waals surface area contributed by atoms with Crippen molar-refractivity contribution in [2.45, 2.75) is 25.4 Å². The van der Waals surface area contributed by atoms with E-state index in [4.69, 9.17) is 4.74 Å². The van der Waals surface area contributed by atoms with Gasteiger partial charge in [-0.15, -0.1) is 0 Å². The van der Waals surface area contributed by atoms with Crippen molar-refractivity contribution in [1.82, 2.24) is 19.6 Å². The van der Waals surface area contributed by atoms with Crippen LogP contribution in [0.2, 0.25) is 0 Å². The number of nitrogens with zero attached hydrogens (tertiary/aromatic N) is 4. The Hall–Kier alpha value is -2.47. The Morgan fingerprint density at radius 1 is 1.22 bits per heavy atom. The summed E-state index contributed by atoms with van der Waals surface area (Å²) in [7, 11) is 0. The first-order chi connectivity index (χ1) is 11.4. The molecule has 1 aliphatic rings. The third kappa shape index (κ3) is 3.17. The molecule has 1 aliphatic heterocycles. The highest BCUT2D eigenvalue weighted by Gasteiger charge is 2.15.